The van der Waals surface area contributed by atoms with Gasteiger partial charge in [-0.25, -0.2) is 4.98 Å². The molecule has 5 aromatic rings. The lowest BCUT2D eigenvalue weighted by Gasteiger charge is -2.14. The molecule has 5 rings (SSSR count). The van der Waals surface area contributed by atoms with Gasteiger partial charge in [0.1, 0.15) is 11.4 Å². The molecule has 0 aliphatic heterocycles. The van der Waals surface area contributed by atoms with Crippen molar-refractivity contribution >= 4 is 11.6 Å². The minimum absolute atomic E-state index is 0.0193. The summed E-state index contributed by atoms with van der Waals surface area (Å²) in [6, 6.07) is 32.4. The molecule has 0 saturated carbocycles. The lowest BCUT2D eigenvalue weighted by atomic mass is 10.1. The van der Waals surface area contributed by atoms with Gasteiger partial charge in [-0.05, 0) is 61.2 Å². The number of hydrogen-bond acceptors (Lipinski definition) is 3. The average molecular weight is 490 g/mol. The number of aryl methyl sites for hydroxylation is 1. The number of carbonyl (C=O) groups excluding carboxylic acids is 1. The molecule has 37 heavy (non-hydrogen) atoms. The fourth-order valence-corrected chi connectivity index (χ4v) is 4.63. The van der Waals surface area contributed by atoms with Crippen LogP contribution in [0.25, 0.3) is 28.0 Å². The van der Waals surface area contributed by atoms with Crippen LogP contribution in [0.4, 0.5) is 0 Å². The number of ether oxygens (including phenoxy) is 1. The second kappa shape index (κ2) is 11.1. The van der Waals surface area contributed by atoms with Gasteiger partial charge in [-0.3, -0.25) is 4.79 Å². The van der Waals surface area contributed by atoms with Crippen molar-refractivity contribution in [2.24, 2.45) is 0 Å². The Kier molecular flexibility index (Phi) is 7.31. The molecule has 5 heteroatoms. The van der Waals surface area contributed by atoms with Crippen molar-refractivity contribution in [3.63, 3.8) is 0 Å². The van der Waals surface area contributed by atoms with E-state index in [1.54, 1.807) is 0 Å². The van der Waals surface area contributed by atoms with Crippen molar-refractivity contribution in [2.45, 2.75) is 32.7 Å². The van der Waals surface area contributed by atoms with Crippen LogP contribution in [-0.2, 0) is 11.2 Å². The van der Waals surface area contributed by atoms with E-state index in [1.807, 2.05) is 80.6 Å². The van der Waals surface area contributed by atoms with Gasteiger partial charge in [0.25, 0.3) is 0 Å². The van der Waals surface area contributed by atoms with Crippen LogP contribution < -0.4 is 10.1 Å². The van der Waals surface area contributed by atoms with Crippen molar-refractivity contribution in [1.29, 1.82) is 0 Å². The highest BCUT2D eigenvalue weighted by Gasteiger charge is 2.17. The number of fused-ring (bicyclic) bond motifs is 1. The molecule has 0 fully saturated rings. The highest BCUT2D eigenvalue weighted by molar-refractivity contribution is 5.77. The molecule has 0 unspecified atom stereocenters. The van der Waals surface area contributed by atoms with Crippen molar-refractivity contribution in [3.8, 4) is 28.1 Å². The first-order valence-electron chi connectivity index (χ1n) is 12.8. The number of nitrogens with one attached hydrogen (secondary N) is 1. The Hall–Kier alpha value is -4.38. The van der Waals surface area contributed by atoms with Crippen LogP contribution in [0.5, 0.6) is 5.75 Å². The second-order valence-corrected chi connectivity index (χ2v) is 9.08. The molecule has 0 aliphatic carbocycles. The fourth-order valence-electron chi connectivity index (χ4n) is 4.63. The average Bonchev–Trinajstić information content (AvgIpc) is 3.31. The van der Waals surface area contributed by atoms with Gasteiger partial charge in [0.05, 0.1) is 24.0 Å². The van der Waals surface area contributed by atoms with Gasteiger partial charge < -0.3 is 14.5 Å². The molecule has 0 aliphatic rings. The Bertz CT molecular complexity index is 1490. The monoisotopic (exact) mass is 489 g/mol. The largest absolute Gasteiger partial charge is 0.494 e. The molecule has 2 aromatic heterocycles. The van der Waals surface area contributed by atoms with Crippen LogP contribution in [0.1, 0.15) is 37.6 Å². The van der Waals surface area contributed by atoms with Crippen LogP contribution in [0, 0.1) is 0 Å². The van der Waals surface area contributed by atoms with E-state index in [2.05, 4.69) is 46.2 Å². The quantitative estimate of drug-likeness (QED) is 0.246. The van der Waals surface area contributed by atoms with Gasteiger partial charge in [-0.1, -0.05) is 72.8 Å². The van der Waals surface area contributed by atoms with E-state index in [0.717, 1.165) is 45.0 Å². The summed E-state index contributed by atoms with van der Waals surface area (Å²) in [6.45, 7) is 4.62. The summed E-state index contributed by atoms with van der Waals surface area (Å²) >= 11 is 0. The summed E-state index contributed by atoms with van der Waals surface area (Å²) in [5.74, 6) is 0.867. The SMILES string of the molecule is CCOc1cccc(-c2ccc3nc(-c4ccccc4)c(CCC(=O)N[C@H](C)c4ccccc4)n3c2)c1. The van der Waals surface area contributed by atoms with Gasteiger partial charge in [-0.2, -0.15) is 0 Å². The Labute approximate surface area is 217 Å². The lowest BCUT2D eigenvalue weighted by molar-refractivity contribution is -0.121. The Balaban J connectivity index is 1.46. The van der Waals surface area contributed by atoms with Gasteiger partial charge in [0.15, 0.2) is 0 Å². The summed E-state index contributed by atoms with van der Waals surface area (Å²) in [5, 5.41) is 3.14. The number of amides is 1. The Morgan fingerprint density at radius 3 is 2.38 bits per heavy atom. The summed E-state index contributed by atoms with van der Waals surface area (Å²) < 4.78 is 7.83. The first-order chi connectivity index (χ1) is 18.1. The van der Waals surface area contributed by atoms with Crippen LogP contribution in [0.3, 0.4) is 0 Å². The number of hydrogen-bond donors (Lipinski definition) is 1. The third-order valence-electron chi connectivity index (χ3n) is 6.51. The molecule has 186 valence electrons. The maximum atomic E-state index is 12.9. The number of benzene rings is 3. The summed E-state index contributed by atoms with van der Waals surface area (Å²) in [6.07, 6.45) is 3.05. The third kappa shape index (κ3) is 5.56. The minimum atomic E-state index is -0.0475. The van der Waals surface area contributed by atoms with Crippen LogP contribution in [0.15, 0.2) is 103 Å². The maximum Gasteiger partial charge on any atom is 0.220 e. The second-order valence-electron chi connectivity index (χ2n) is 9.08. The molecule has 3 aromatic carbocycles. The molecular weight excluding hydrogens is 458 g/mol. The van der Waals surface area contributed by atoms with Crippen molar-refractivity contribution < 1.29 is 9.53 Å². The van der Waals surface area contributed by atoms with Crippen molar-refractivity contribution in [1.82, 2.24) is 14.7 Å². The van der Waals surface area contributed by atoms with Crippen LogP contribution in [0.2, 0.25) is 0 Å². The standard InChI is InChI=1S/C32H31N3O2/c1-3-37-28-16-10-15-26(21-28)27-17-19-30-34-32(25-13-8-5-9-14-25)29(35(30)22-27)18-20-31(36)33-23(2)24-11-6-4-7-12-24/h4-17,19,21-23H,3,18,20H2,1-2H3,(H,33,36)/t23-/m1/s1. The summed E-state index contributed by atoms with van der Waals surface area (Å²) in [4.78, 5) is 17.9. The molecule has 2 heterocycles. The van der Waals surface area contributed by atoms with E-state index in [1.165, 1.54) is 0 Å². The first-order valence-corrected chi connectivity index (χ1v) is 12.8. The van der Waals surface area contributed by atoms with Crippen LogP contribution in [-0.4, -0.2) is 21.9 Å². The number of aromatic nitrogens is 2. The molecule has 1 N–H and O–H groups in total. The Morgan fingerprint density at radius 2 is 1.62 bits per heavy atom. The lowest BCUT2D eigenvalue weighted by Crippen LogP contribution is -2.26. The highest BCUT2D eigenvalue weighted by atomic mass is 16.5. The van der Waals surface area contributed by atoms with Gasteiger partial charge in [0, 0.05) is 18.2 Å². The maximum absolute atomic E-state index is 12.9. The van der Waals surface area contributed by atoms with Crippen LogP contribution >= 0.6 is 0 Å². The number of imidazole rings is 1. The highest BCUT2D eigenvalue weighted by Crippen LogP contribution is 2.29. The fraction of sp³-hybridized carbons (Fsp3) is 0.188. The zero-order valence-corrected chi connectivity index (χ0v) is 21.2. The predicted octanol–water partition coefficient (Wildman–Crippen LogP) is 6.88. The summed E-state index contributed by atoms with van der Waals surface area (Å²) in [7, 11) is 0. The molecule has 0 spiro atoms. The molecule has 0 bridgehead atoms. The van der Waals surface area contributed by atoms with Gasteiger partial charge in [0.2, 0.25) is 5.91 Å². The summed E-state index contributed by atoms with van der Waals surface area (Å²) in [5.41, 5.74) is 7.05. The number of carbonyl (C=O) groups is 1. The van der Waals surface area contributed by atoms with E-state index in [-0.39, 0.29) is 11.9 Å². The number of rotatable bonds is 9. The first kappa shape index (κ1) is 24.3. The number of pyridine rings is 1. The molecule has 0 radical (unpaired) electrons. The molecule has 1 atom stereocenters. The predicted molar refractivity (Wildman–Crippen MR) is 149 cm³/mol. The molecule has 0 saturated heterocycles. The molecule has 1 amide bonds. The van der Waals surface area contributed by atoms with Crippen molar-refractivity contribution in [2.75, 3.05) is 6.61 Å². The third-order valence-corrected chi connectivity index (χ3v) is 6.51. The van der Waals surface area contributed by atoms with E-state index in [9.17, 15) is 4.79 Å². The zero-order valence-electron chi connectivity index (χ0n) is 21.2. The van der Waals surface area contributed by atoms with Gasteiger partial charge in [-0.15, -0.1) is 0 Å². The van der Waals surface area contributed by atoms with E-state index < -0.39 is 0 Å². The Morgan fingerprint density at radius 1 is 0.892 bits per heavy atom. The molecular formula is C32H31N3O2. The zero-order chi connectivity index (χ0) is 25.6. The normalized spacial score (nSPS) is 11.8. The van der Waals surface area contributed by atoms with Gasteiger partial charge >= 0.3 is 0 Å². The van der Waals surface area contributed by atoms with E-state index >= 15 is 0 Å². The topological polar surface area (TPSA) is 55.6 Å². The smallest absolute Gasteiger partial charge is 0.220 e. The van der Waals surface area contributed by atoms with E-state index in [0.29, 0.717) is 19.4 Å². The number of nitrogens with zero attached hydrogens (tertiary/aromatic N) is 2. The van der Waals surface area contributed by atoms with Crippen molar-refractivity contribution in [3.05, 3.63) is 115 Å². The minimum Gasteiger partial charge on any atom is -0.494 e. The molecule has 5 nitrogen and oxygen atoms in total. The van der Waals surface area contributed by atoms with E-state index in [4.69, 9.17) is 9.72 Å².